The molecule has 1 heterocycles. The van der Waals surface area contributed by atoms with Gasteiger partial charge in [0.25, 0.3) is 0 Å². The molecule has 1 unspecified atom stereocenters. The van der Waals surface area contributed by atoms with Crippen molar-refractivity contribution in [3.63, 3.8) is 0 Å². The Hall–Kier alpha value is -0.870. The highest BCUT2D eigenvalue weighted by Gasteiger charge is 2.36. The average molecular weight is 241 g/mol. The number of nitrogens with two attached hydrogens (primary N) is 1. The Morgan fingerprint density at radius 2 is 2.25 bits per heavy atom. The van der Waals surface area contributed by atoms with Crippen LogP contribution in [0.1, 0.15) is 31.2 Å². The first-order valence-corrected chi connectivity index (χ1v) is 6.23. The van der Waals surface area contributed by atoms with Gasteiger partial charge in [-0.3, -0.25) is 4.79 Å². The van der Waals surface area contributed by atoms with Crippen molar-refractivity contribution in [3.05, 3.63) is 21.9 Å². The fourth-order valence-electron chi connectivity index (χ4n) is 1.74. The highest BCUT2D eigenvalue weighted by Crippen LogP contribution is 2.34. The lowest BCUT2D eigenvalue weighted by molar-refractivity contribution is -0.143. The third-order valence-corrected chi connectivity index (χ3v) is 4.24. The summed E-state index contributed by atoms with van der Waals surface area (Å²) in [5.74, 6) is -0.361. The van der Waals surface area contributed by atoms with Gasteiger partial charge in [-0.25, -0.2) is 0 Å². The van der Waals surface area contributed by atoms with Crippen molar-refractivity contribution in [1.29, 1.82) is 0 Å². The van der Waals surface area contributed by atoms with Gasteiger partial charge in [0.15, 0.2) is 0 Å². The molecule has 1 aromatic heterocycles. The Bertz CT molecular complexity index is 371. The summed E-state index contributed by atoms with van der Waals surface area (Å²) in [4.78, 5) is 12.7. The molecule has 0 aliphatic rings. The number of methoxy groups -OCH3 is 1. The van der Waals surface area contributed by atoms with Gasteiger partial charge in [-0.2, -0.15) is 0 Å². The van der Waals surface area contributed by atoms with Gasteiger partial charge in [0.05, 0.1) is 7.11 Å². The predicted octanol–water partition coefficient (Wildman–Crippen LogP) is 2.09. The monoisotopic (exact) mass is 241 g/mol. The van der Waals surface area contributed by atoms with E-state index in [4.69, 9.17) is 10.5 Å². The van der Waals surface area contributed by atoms with Crippen LogP contribution in [0.3, 0.4) is 0 Å². The Labute approximate surface area is 101 Å². The van der Waals surface area contributed by atoms with E-state index in [1.165, 1.54) is 17.6 Å². The van der Waals surface area contributed by atoms with Gasteiger partial charge in [-0.05, 0) is 23.4 Å². The van der Waals surface area contributed by atoms with Crippen LogP contribution in [0.4, 0.5) is 0 Å². The molecule has 16 heavy (non-hydrogen) atoms. The summed E-state index contributed by atoms with van der Waals surface area (Å²) in [6.07, 6.45) is 0.955. The second-order valence-corrected chi connectivity index (χ2v) is 5.27. The van der Waals surface area contributed by atoms with Crippen molar-refractivity contribution in [3.8, 4) is 0 Å². The summed E-state index contributed by atoms with van der Waals surface area (Å²) < 4.78 is 4.71. The highest BCUT2D eigenvalue weighted by atomic mass is 32.1. The van der Waals surface area contributed by atoms with E-state index in [9.17, 15) is 4.79 Å². The number of hydrogen-bond donors (Lipinski definition) is 1. The van der Waals surface area contributed by atoms with E-state index >= 15 is 0 Å². The summed E-state index contributed by atoms with van der Waals surface area (Å²) in [6, 6.07) is 1.47. The van der Waals surface area contributed by atoms with Crippen molar-refractivity contribution in [2.24, 2.45) is 5.73 Å². The topological polar surface area (TPSA) is 52.3 Å². The summed E-state index contributed by atoms with van der Waals surface area (Å²) in [7, 11) is 1.37. The predicted molar refractivity (Wildman–Crippen MR) is 66.7 cm³/mol. The number of rotatable bonds is 4. The van der Waals surface area contributed by atoms with Crippen molar-refractivity contribution in [1.82, 2.24) is 0 Å². The van der Waals surface area contributed by atoms with Gasteiger partial charge < -0.3 is 10.5 Å². The molecular formula is C12H19NO2S. The van der Waals surface area contributed by atoms with Gasteiger partial charge >= 0.3 is 5.97 Å². The fourth-order valence-corrected chi connectivity index (χ4v) is 2.91. The number of ether oxygens (including phenoxy) is 1. The standard InChI is InChI=1S/C12H19NO2S/c1-5-8-6-7-16-10(8)12(2,3)9(13)11(14)15-4/h6-7,9H,5,13H2,1-4H3. The first-order chi connectivity index (χ1) is 7.45. The van der Waals surface area contributed by atoms with E-state index in [0.29, 0.717) is 0 Å². The van der Waals surface area contributed by atoms with Crippen molar-refractivity contribution >= 4 is 17.3 Å². The normalized spacial score (nSPS) is 13.6. The molecule has 0 amide bonds. The van der Waals surface area contributed by atoms with E-state index in [-0.39, 0.29) is 11.4 Å². The lowest BCUT2D eigenvalue weighted by atomic mass is 9.81. The third-order valence-electron chi connectivity index (χ3n) is 2.95. The van der Waals surface area contributed by atoms with Crippen molar-refractivity contribution in [2.75, 3.05) is 7.11 Å². The Morgan fingerprint density at radius 3 is 2.75 bits per heavy atom. The number of carbonyl (C=O) groups excluding carboxylic acids is 1. The molecule has 1 aromatic rings. The van der Waals surface area contributed by atoms with Gasteiger partial charge in [-0.15, -0.1) is 11.3 Å². The number of thiophene rings is 1. The van der Waals surface area contributed by atoms with Gasteiger partial charge in [-0.1, -0.05) is 20.8 Å². The van der Waals surface area contributed by atoms with Gasteiger partial charge in [0, 0.05) is 10.3 Å². The molecule has 0 aliphatic carbocycles. The molecule has 0 radical (unpaired) electrons. The number of esters is 1. The van der Waals surface area contributed by atoms with Crippen LogP contribution in [-0.4, -0.2) is 19.1 Å². The van der Waals surface area contributed by atoms with Crippen LogP contribution in [0.5, 0.6) is 0 Å². The maximum Gasteiger partial charge on any atom is 0.323 e. The SMILES string of the molecule is CCc1ccsc1C(C)(C)C(N)C(=O)OC. The Kier molecular flexibility index (Phi) is 4.10. The third kappa shape index (κ3) is 2.28. The van der Waals surface area contributed by atoms with Crippen LogP contribution in [-0.2, 0) is 21.4 Å². The van der Waals surface area contributed by atoms with Crippen molar-refractivity contribution < 1.29 is 9.53 Å². The zero-order valence-electron chi connectivity index (χ0n) is 10.2. The Morgan fingerprint density at radius 1 is 1.62 bits per heavy atom. The summed E-state index contributed by atoms with van der Waals surface area (Å²) in [5, 5.41) is 2.04. The summed E-state index contributed by atoms with van der Waals surface area (Å²) in [5.41, 5.74) is 6.83. The second-order valence-electron chi connectivity index (χ2n) is 4.35. The highest BCUT2D eigenvalue weighted by molar-refractivity contribution is 7.10. The van der Waals surface area contributed by atoms with Gasteiger partial charge in [0.1, 0.15) is 6.04 Å². The van der Waals surface area contributed by atoms with Crippen LogP contribution >= 0.6 is 11.3 Å². The second kappa shape index (κ2) is 4.97. The fraction of sp³-hybridized carbons (Fsp3) is 0.583. The molecule has 0 bridgehead atoms. The molecule has 0 fully saturated rings. The smallest absolute Gasteiger partial charge is 0.323 e. The summed E-state index contributed by atoms with van der Waals surface area (Å²) in [6.45, 7) is 6.07. The van der Waals surface area contributed by atoms with Crippen LogP contribution < -0.4 is 5.73 Å². The quantitative estimate of drug-likeness (QED) is 0.821. The lowest BCUT2D eigenvalue weighted by Crippen LogP contribution is -2.47. The first-order valence-electron chi connectivity index (χ1n) is 5.35. The molecule has 2 N–H and O–H groups in total. The number of carbonyl (C=O) groups is 1. The van der Waals surface area contributed by atoms with Crippen molar-refractivity contribution in [2.45, 2.75) is 38.6 Å². The maximum atomic E-state index is 11.5. The molecule has 1 rings (SSSR count). The molecule has 0 saturated heterocycles. The van der Waals surface area contributed by atoms with Crippen LogP contribution in [0, 0.1) is 0 Å². The number of aryl methyl sites for hydroxylation is 1. The molecule has 4 heteroatoms. The van der Waals surface area contributed by atoms with E-state index in [2.05, 4.69) is 13.0 Å². The largest absolute Gasteiger partial charge is 0.468 e. The molecule has 0 aromatic carbocycles. The van der Waals surface area contributed by atoms with Gasteiger partial charge in [0.2, 0.25) is 0 Å². The minimum atomic E-state index is -0.624. The van der Waals surface area contributed by atoms with Crippen LogP contribution in [0.15, 0.2) is 11.4 Å². The molecule has 90 valence electrons. The van der Waals surface area contributed by atoms with E-state index < -0.39 is 6.04 Å². The molecule has 0 spiro atoms. The zero-order chi connectivity index (χ0) is 12.3. The van der Waals surface area contributed by atoms with E-state index in [0.717, 1.165) is 6.42 Å². The molecule has 0 saturated carbocycles. The lowest BCUT2D eigenvalue weighted by Gasteiger charge is -2.29. The zero-order valence-corrected chi connectivity index (χ0v) is 11.1. The Balaban J connectivity index is 3.05. The molecule has 3 nitrogen and oxygen atoms in total. The molecule has 1 atom stereocenters. The van der Waals surface area contributed by atoms with E-state index in [1.54, 1.807) is 11.3 Å². The molecular weight excluding hydrogens is 222 g/mol. The van der Waals surface area contributed by atoms with E-state index in [1.807, 2.05) is 19.2 Å². The van der Waals surface area contributed by atoms with Crippen LogP contribution in [0.25, 0.3) is 0 Å². The number of hydrogen-bond acceptors (Lipinski definition) is 4. The average Bonchev–Trinajstić information content (AvgIpc) is 2.75. The summed E-state index contributed by atoms with van der Waals surface area (Å²) >= 11 is 1.65. The molecule has 0 aliphatic heterocycles. The van der Waals surface area contributed by atoms with Crippen LogP contribution in [0.2, 0.25) is 0 Å². The first kappa shape index (κ1) is 13.2. The maximum absolute atomic E-state index is 11.5. The minimum Gasteiger partial charge on any atom is -0.468 e. The minimum absolute atomic E-state index is 0.361.